The molecule has 1 saturated heterocycles. The third-order valence-electron chi connectivity index (χ3n) is 4.95. The Kier molecular flexibility index (Phi) is 5.96. The quantitative estimate of drug-likeness (QED) is 0.438. The van der Waals surface area contributed by atoms with Gasteiger partial charge in [0.1, 0.15) is 17.4 Å². The fraction of sp³-hybridized carbons (Fsp3) is 0.300. The lowest BCUT2D eigenvalue weighted by atomic mass is 10.0. The van der Waals surface area contributed by atoms with Crippen molar-refractivity contribution in [2.75, 3.05) is 11.2 Å². The number of carbonyl (C=O) groups excluding carboxylic acids is 2. The van der Waals surface area contributed by atoms with Crippen molar-refractivity contribution in [1.29, 1.82) is 0 Å². The van der Waals surface area contributed by atoms with E-state index in [1.165, 1.54) is 11.0 Å². The van der Waals surface area contributed by atoms with Crippen molar-refractivity contribution < 1.29 is 27.3 Å². The van der Waals surface area contributed by atoms with Crippen LogP contribution in [0, 0.1) is 0 Å². The van der Waals surface area contributed by atoms with E-state index in [0.29, 0.717) is 6.07 Å². The summed E-state index contributed by atoms with van der Waals surface area (Å²) in [6.07, 6.45) is -3.65. The van der Waals surface area contributed by atoms with Crippen molar-refractivity contribution in [2.45, 2.75) is 37.0 Å². The molecule has 0 N–H and O–H groups in total. The SMILES string of the molecule is C[S+]([O-])c1ccc(N2C(=O)N(Cc3ccccc3Br)C(C)(C)C2=O)cc1C(F)(F)F. The Balaban J connectivity index is 2.04. The Labute approximate surface area is 183 Å². The van der Waals surface area contributed by atoms with Crippen LogP contribution in [0.5, 0.6) is 0 Å². The summed E-state index contributed by atoms with van der Waals surface area (Å²) < 4.78 is 52.9. The molecule has 0 bridgehead atoms. The van der Waals surface area contributed by atoms with E-state index in [-0.39, 0.29) is 12.2 Å². The first kappa shape index (κ1) is 22.6. The lowest BCUT2D eigenvalue weighted by Gasteiger charge is -2.28. The van der Waals surface area contributed by atoms with Gasteiger partial charge < -0.3 is 9.45 Å². The highest BCUT2D eigenvalue weighted by atomic mass is 79.9. The van der Waals surface area contributed by atoms with E-state index in [9.17, 15) is 27.3 Å². The molecule has 0 spiro atoms. The van der Waals surface area contributed by atoms with Gasteiger partial charge >= 0.3 is 12.2 Å². The van der Waals surface area contributed by atoms with Crippen molar-refractivity contribution in [3.8, 4) is 0 Å². The van der Waals surface area contributed by atoms with Crippen LogP contribution in [0.1, 0.15) is 25.0 Å². The van der Waals surface area contributed by atoms with Crippen LogP contribution in [0.15, 0.2) is 51.8 Å². The maximum Gasteiger partial charge on any atom is 0.421 e. The fourth-order valence-corrected chi connectivity index (χ4v) is 4.41. The molecule has 0 radical (unpaired) electrons. The van der Waals surface area contributed by atoms with E-state index < -0.39 is 45.3 Å². The highest BCUT2D eigenvalue weighted by molar-refractivity contribution is 9.10. The number of imide groups is 1. The van der Waals surface area contributed by atoms with Crippen LogP contribution < -0.4 is 4.90 Å². The maximum atomic E-state index is 13.5. The predicted molar refractivity (Wildman–Crippen MR) is 110 cm³/mol. The van der Waals surface area contributed by atoms with Crippen molar-refractivity contribution in [3.63, 3.8) is 0 Å². The molecule has 1 unspecified atom stereocenters. The average Bonchev–Trinajstić information content (AvgIpc) is 2.81. The predicted octanol–water partition coefficient (Wildman–Crippen LogP) is 4.95. The number of rotatable bonds is 4. The normalized spacial score (nSPS) is 17.6. The van der Waals surface area contributed by atoms with Gasteiger partial charge in [-0.25, -0.2) is 9.69 Å². The third-order valence-corrected chi connectivity index (χ3v) is 6.70. The molecule has 10 heteroatoms. The van der Waals surface area contributed by atoms with Crippen molar-refractivity contribution >= 4 is 44.7 Å². The van der Waals surface area contributed by atoms with E-state index in [2.05, 4.69) is 15.9 Å². The Morgan fingerprint density at radius 1 is 1.13 bits per heavy atom. The zero-order valence-electron chi connectivity index (χ0n) is 16.3. The third kappa shape index (κ3) is 3.95. The molecule has 2 aromatic rings. The second-order valence-electron chi connectivity index (χ2n) is 7.29. The molecule has 1 atom stereocenters. The van der Waals surface area contributed by atoms with Crippen LogP contribution >= 0.6 is 15.9 Å². The van der Waals surface area contributed by atoms with Gasteiger partial charge in [0.05, 0.1) is 5.69 Å². The van der Waals surface area contributed by atoms with Crippen molar-refractivity contribution in [3.05, 3.63) is 58.1 Å². The molecule has 1 aliphatic heterocycles. The molecule has 5 nitrogen and oxygen atoms in total. The van der Waals surface area contributed by atoms with Gasteiger partial charge in [0.25, 0.3) is 5.91 Å². The second-order valence-corrected chi connectivity index (χ2v) is 9.49. The number of urea groups is 1. The Morgan fingerprint density at radius 2 is 1.77 bits per heavy atom. The summed E-state index contributed by atoms with van der Waals surface area (Å²) in [5.41, 5.74) is -1.87. The van der Waals surface area contributed by atoms with Gasteiger partial charge in [0.15, 0.2) is 4.90 Å². The van der Waals surface area contributed by atoms with E-state index in [0.717, 1.165) is 27.3 Å². The van der Waals surface area contributed by atoms with E-state index in [1.807, 2.05) is 0 Å². The largest absolute Gasteiger partial charge is 0.612 e. The number of benzene rings is 2. The summed E-state index contributed by atoms with van der Waals surface area (Å²) in [4.78, 5) is 27.8. The van der Waals surface area contributed by atoms with E-state index >= 15 is 0 Å². The average molecular weight is 503 g/mol. The molecule has 0 saturated carbocycles. The molecule has 160 valence electrons. The molecule has 3 amide bonds. The van der Waals surface area contributed by atoms with Gasteiger partial charge in [-0.15, -0.1) is 0 Å². The smallest absolute Gasteiger partial charge is 0.421 e. The Morgan fingerprint density at radius 3 is 2.33 bits per heavy atom. The number of amides is 3. The zero-order chi connectivity index (χ0) is 22.4. The summed E-state index contributed by atoms with van der Waals surface area (Å²) in [7, 11) is 0. The minimum absolute atomic E-state index is 0.0959. The second kappa shape index (κ2) is 7.90. The molecular formula is C20H18BrF3N2O3S. The van der Waals surface area contributed by atoms with Gasteiger partial charge in [-0.2, -0.15) is 13.2 Å². The monoisotopic (exact) mass is 502 g/mol. The van der Waals surface area contributed by atoms with Gasteiger partial charge in [-0.05, 0) is 54.9 Å². The zero-order valence-corrected chi connectivity index (χ0v) is 18.7. The number of carbonyl (C=O) groups is 2. The molecular weight excluding hydrogens is 485 g/mol. The minimum Gasteiger partial charge on any atom is -0.612 e. The molecule has 1 fully saturated rings. The maximum absolute atomic E-state index is 13.5. The summed E-state index contributed by atoms with van der Waals surface area (Å²) in [6.45, 7) is 3.19. The van der Waals surface area contributed by atoms with Crippen LogP contribution in [-0.4, -0.2) is 33.2 Å². The van der Waals surface area contributed by atoms with Gasteiger partial charge in [-0.3, -0.25) is 4.79 Å². The Bertz CT molecular complexity index is 1010. The summed E-state index contributed by atoms with van der Waals surface area (Å²) >= 11 is 1.51. The molecule has 0 aromatic heterocycles. The first-order valence-corrected chi connectivity index (χ1v) is 11.1. The lowest BCUT2D eigenvalue weighted by molar-refractivity contribution is -0.139. The molecule has 1 aliphatic rings. The number of anilines is 1. The fourth-order valence-electron chi connectivity index (χ4n) is 3.25. The van der Waals surface area contributed by atoms with Crippen LogP contribution in [0.2, 0.25) is 0 Å². The first-order valence-electron chi connectivity index (χ1n) is 8.80. The number of alkyl halides is 3. The van der Waals surface area contributed by atoms with Gasteiger partial charge in [0.2, 0.25) is 0 Å². The number of hydrogen-bond acceptors (Lipinski definition) is 3. The van der Waals surface area contributed by atoms with Crippen LogP contribution in [0.3, 0.4) is 0 Å². The van der Waals surface area contributed by atoms with Crippen LogP contribution in [0.4, 0.5) is 23.7 Å². The number of nitrogens with zero attached hydrogens (tertiary/aromatic N) is 2. The minimum atomic E-state index is -4.78. The van der Waals surface area contributed by atoms with E-state index in [1.54, 1.807) is 38.1 Å². The Hall–Kier alpha value is -2.04. The van der Waals surface area contributed by atoms with Crippen molar-refractivity contribution in [1.82, 2.24) is 4.90 Å². The highest BCUT2D eigenvalue weighted by Crippen LogP contribution is 2.39. The van der Waals surface area contributed by atoms with Gasteiger partial charge in [0, 0.05) is 11.0 Å². The molecule has 0 aliphatic carbocycles. The highest BCUT2D eigenvalue weighted by Gasteiger charge is 2.52. The van der Waals surface area contributed by atoms with Gasteiger partial charge in [-0.1, -0.05) is 34.1 Å². The standard InChI is InChI=1S/C20H18BrF3N2O3S/c1-19(2)17(27)26(18(28)25(19)11-12-6-4-5-7-15(12)21)13-8-9-16(30(3)29)14(10-13)20(22,23)24/h4-10H,11H2,1-3H3. The number of hydrogen-bond donors (Lipinski definition) is 0. The molecule has 30 heavy (non-hydrogen) atoms. The summed E-state index contributed by atoms with van der Waals surface area (Å²) in [5.74, 6) is -0.641. The topological polar surface area (TPSA) is 63.7 Å². The lowest BCUT2D eigenvalue weighted by Crippen LogP contribution is -2.43. The summed E-state index contributed by atoms with van der Waals surface area (Å²) in [5, 5.41) is 0. The van der Waals surface area contributed by atoms with E-state index in [4.69, 9.17) is 0 Å². The molecule has 3 rings (SSSR count). The van der Waals surface area contributed by atoms with Crippen molar-refractivity contribution in [2.24, 2.45) is 0 Å². The summed E-state index contributed by atoms with van der Waals surface area (Å²) in [6, 6.07) is 9.39. The molecule has 2 aromatic carbocycles. The van der Waals surface area contributed by atoms with Crippen LogP contribution in [-0.2, 0) is 28.7 Å². The van der Waals surface area contributed by atoms with Crippen LogP contribution in [0.25, 0.3) is 0 Å². The number of halogens is 4. The first-order chi connectivity index (χ1) is 13.9. The molecule has 1 heterocycles.